The van der Waals surface area contributed by atoms with Crippen molar-refractivity contribution in [3.8, 4) is 11.5 Å². The average Bonchev–Trinajstić information content (AvgIpc) is 2.92. The molecule has 2 bridgehead atoms. The molecule has 2 unspecified atom stereocenters. The van der Waals surface area contributed by atoms with E-state index < -0.39 is 0 Å². The minimum atomic E-state index is -0.195. The maximum absolute atomic E-state index is 11.5. The number of nitrogens with zero attached hydrogens (tertiary/aromatic N) is 3. The number of rotatable bonds is 6. The third-order valence-corrected chi connectivity index (χ3v) is 9.01. The van der Waals surface area contributed by atoms with Crippen LogP contribution in [0.4, 0.5) is 0 Å². The second kappa shape index (κ2) is 10.7. The van der Waals surface area contributed by atoms with Crippen molar-refractivity contribution >= 4 is 17.1 Å². The average molecular weight is 540 g/mol. The standard InChI is InChI=1S/C35H45N3O2/c1-9-22-21-38-15-13-23(22)17-31(38)32(27-12-14-36-30-11-10-26(40-8)19-28(27)30)37-20-24-16-25(34(2,3)4)18-29(33(24)39)35(5,6)7/h9-12,14,16,18-20,22-23,31-32,39H,1,13,15,17,21H2,2-8H3/b37-20+/t22-,23-,31+,32?/m0/s1. The molecule has 3 aliphatic heterocycles. The summed E-state index contributed by atoms with van der Waals surface area (Å²) >= 11 is 0. The van der Waals surface area contributed by atoms with Gasteiger partial charge in [-0.1, -0.05) is 53.7 Å². The first kappa shape index (κ1) is 28.4. The smallest absolute Gasteiger partial charge is 0.128 e. The number of piperidine rings is 3. The van der Waals surface area contributed by atoms with E-state index in [-0.39, 0.29) is 22.9 Å². The Morgan fingerprint density at radius 3 is 2.50 bits per heavy atom. The monoisotopic (exact) mass is 539 g/mol. The number of hydrogen-bond donors (Lipinski definition) is 1. The Morgan fingerprint density at radius 2 is 1.88 bits per heavy atom. The highest BCUT2D eigenvalue weighted by molar-refractivity contribution is 5.87. The predicted molar refractivity (Wildman–Crippen MR) is 166 cm³/mol. The van der Waals surface area contributed by atoms with Gasteiger partial charge in [0.1, 0.15) is 11.5 Å². The molecular weight excluding hydrogens is 494 g/mol. The molecule has 40 heavy (non-hydrogen) atoms. The van der Waals surface area contributed by atoms with Crippen LogP contribution in [0.1, 0.15) is 82.7 Å². The topological polar surface area (TPSA) is 58.0 Å². The summed E-state index contributed by atoms with van der Waals surface area (Å²) in [6.07, 6.45) is 8.24. The third kappa shape index (κ3) is 5.41. The first-order valence-corrected chi connectivity index (χ1v) is 14.6. The lowest BCUT2D eigenvalue weighted by Crippen LogP contribution is -2.54. The zero-order valence-corrected chi connectivity index (χ0v) is 25.2. The van der Waals surface area contributed by atoms with E-state index in [1.165, 1.54) is 12.0 Å². The van der Waals surface area contributed by atoms with Crippen LogP contribution in [-0.2, 0) is 10.8 Å². The summed E-state index contributed by atoms with van der Waals surface area (Å²) < 4.78 is 5.59. The SMILES string of the molecule is C=C[C@H]1CN2CC[C@H]1C[C@@H]2C(/N=C/c1cc(C(C)(C)C)cc(C(C)(C)C)c1O)c1ccnc2ccc(OC)cc12. The molecule has 2 aromatic carbocycles. The van der Waals surface area contributed by atoms with Gasteiger partial charge in [0, 0.05) is 41.5 Å². The van der Waals surface area contributed by atoms with E-state index >= 15 is 0 Å². The Hall–Kier alpha value is -3.18. The maximum atomic E-state index is 11.5. The van der Waals surface area contributed by atoms with Crippen LogP contribution < -0.4 is 4.74 Å². The molecule has 0 spiro atoms. The van der Waals surface area contributed by atoms with Crippen LogP contribution in [0.5, 0.6) is 11.5 Å². The highest BCUT2D eigenvalue weighted by atomic mass is 16.5. The Kier molecular flexibility index (Phi) is 7.56. The molecule has 3 aliphatic rings. The third-order valence-electron chi connectivity index (χ3n) is 9.01. The zero-order valence-electron chi connectivity index (χ0n) is 25.2. The van der Waals surface area contributed by atoms with Gasteiger partial charge >= 0.3 is 0 Å². The van der Waals surface area contributed by atoms with Crippen LogP contribution in [0, 0.1) is 11.8 Å². The summed E-state index contributed by atoms with van der Waals surface area (Å²) in [4.78, 5) is 12.6. The molecule has 3 aromatic rings. The molecule has 0 radical (unpaired) electrons. The first-order chi connectivity index (χ1) is 18.9. The van der Waals surface area contributed by atoms with Crippen LogP contribution in [0.2, 0.25) is 0 Å². The Bertz CT molecular complexity index is 1430. The largest absolute Gasteiger partial charge is 0.507 e. The quantitative estimate of drug-likeness (QED) is 0.259. The summed E-state index contributed by atoms with van der Waals surface area (Å²) in [6.45, 7) is 19.3. The molecule has 6 rings (SSSR count). The molecule has 5 nitrogen and oxygen atoms in total. The van der Waals surface area contributed by atoms with Crippen molar-refractivity contribution in [3.05, 3.63) is 77.5 Å². The summed E-state index contributed by atoms with van der Waals surface area (Å²) in [6, 6.07) is 12.6. The summed E-state index contributed by atoms with van der Waals surface area (Å²) in [7, 11) is 1.70. The van der Waals surface area contributed by atoms with Gasteiger partial charge < -0.3 is 9.84 Å². The van der Waals surface area contributed by atoms with E-state index in [0.29, 0.717) is 17.6 Å². The van der Waals surface area contributed by atoms with Gasteiger partial charge in [-0.2, -0.15) is 0 Å². The Balaban J connectivity index is 1.66. The summed E-state index contributed by atoms with van der Waals surface area (Å²) in [5.74, 6) is 2.29. The van der Waals surface area contributed by atoms with E-state index in [9.17, 15) is 5.11 Å². The fraction of sp³-hybridized carbons (Fsp3) is 0.486. The highest BCUT2D eigenvalue weighted by Crippen LogP contribution is 2.44. The predicted octanol–water partition coefficient (Wildman–Crippen LogP) is 7.60. The number of methoxy groups -OCH3 is 1. The molecule has 0 saturated carbocycles. The number of ether oxygens (including phenoxy) is 1. The number of fused-ring (bicyclic) bond motifs is 4. The number of aliphatic imine (C=N–C) groups is 1. The molecule has 3 saturated heterocycles. The van der Waals surface area contributed by atoms with Gasteiger partial charge in [-0.15, -0.1) is 6.58 Å². The molecule has 0 amide bonds. The van der Waals surface area contributed by atoms with Crippen molar-refractivity contribution in [2.75, 3.05) is 20.2 Å². The molecule has 0 aliphatic carbocycles. The molecule has 5 heteroatoms. The molecule has 1 aromatic heterocycles. The lowest BCUT2D eigenvalue weighted by molar-refractivity contribution is 0.00796. The first-order valence-electron chi connectivity index (χ1n) is 14.6. The fourth-order valence-electron chi connectivity index (χ4n) is 6.54. The van der Waals surface area contributed by atoms with Crippen molar-refractivity contribution in [2.45, 2.75) is 77.3 Å². The lowest BCUT2D eigenvalue weighted by Gasteiger charge is -2.51. The summed E-state index contributed by atoms with van der Waals surface area (Å²) in [5.41, 5.74) is 4.76. The maximum Gasteiger partial charge on any atom is 0.128 e. The number of aromatic hydroxyl groups is 1. The number of phenols is 1. The molecule has 212 valence electrons. The van der Waals surface area contributed by atoms with Crippen LogP contribution in [0.3, 0.4) is 0 Å². The van der Waals surface area contributed by atoms with Crippen LogP contribution in [0.15, 0.2) is 60.2 Å². The van der Waals surface area contributed by atoms with Crippen molar-refractivity contribution in [3.63, 3.8) is 0 Å². The van der Waals surface area contributed by atoms with E-state index in [1.807, 2.05) is 24.5 Å². The van der Waals surface area contributed by atoms with Gasteiger partial charge in [-0.25, -0.2) is 0 Å². The minimum Gasteiger partial charge on any atom is -0.507 e. The zero-order chi connectivity index (χ0) is 28.8. The minimum absolute atomic E-state index is 0.0541. The number of aromatic nitrogens is 1. The normalized spacial score (nSPS) is 24.0. The second-order valence-corrected chi connectivity index (χ2v) is 13.7. The Labute approximate surface area is 240 Å². The molecule has 5 atom stereocenters. The van der Waals surface area contributed by atoms with Gasteiger partial charge in [0.2, 0.25) is 0 Å². The highest BCUT2D eigenvalue weighted by Gasteiger charge is 2.42. The van der Waals surface area contributed by atoms with E-state index in [0.717, 1.165) is 52.9 Å². The van der Waals surface area contributed by atoms with Gasteiger partial charge in [0.25, 0.3) is 0 Å². The molecular formula is C35H45N3O2. The molecule has 3 fully saturated rings. The summed E-state index contributed by atoms with van der Waals surface area (Å²) in [5, 5.41) is 12.5. The van der Waals surface area contributed by atoms with Crippen molar-refractivity contribution < 1.29 is 9.84 Å². The van der Waals surface area contributed by atoms with Crippen molar-refractivity contribution in [2.24, 2.45) is 16.8 Å². The van der Waals surface area contributed by atoms with Crippen molar-refractivity contribution in [1.29, 1.82) is 0 Å². The van der Waals surface area contributed by atoms with Crippen LogP contribution in [-0.4, -0.2) is 47.4 Å². The van der Waals surface area contributed by atoms with Gasteiger partial charge in [0.05, 0.1) is 18.7 Å². The number of hydrogen-bond acceptors (Lipinski definition) is 5. The number of phenolic OH excluding ortho intramolecular Hbond substituents is 1. The van der Waals surface area contributed by atoms with Gasteiger partial charge in [0.15, 0.2) is 0 Å². The van der Waals surface area contributed by atoms with E-state index in [4.69, 9.17) is 9.73 Å². The number of benzene rings is 2. The Morgan fingerprint density at radius 1 is 1.10 bits per heavy atom. The van der Waals surface area contributed by atoms with Crippen LogP contribution >= 0.6 is 0 Å². The fourth-order valence-corrected chi connectivity index (χ4v) is 6.54. The van der Waals surface area contributed by atoms with Crippen LogP contribution in [0.25, 0.3) is 10.9 Å². The second-order valence-electron chi connectivity index (χ2n) is 13.7. The van der Waals surface area contributed by atoms with Gasteiger partial charge in [-0.3, -0.25) is 14.9 Å². The van der Waals surface area contributed by atoms with Gasteiger partial charge in [-0.05, 0) is 83.5 Å². The van der Waals surface area contributed by atoms with E-state index in [1.54, 1.807) is 7.11 Å². The molecule has 1 N–H and O–H groups in total. The number of pyridine rings is 1. The molecule has 4 heterocycles. The van der Waals surface area contributed by atoms with E-state index in [2.05, 4.69) is 88.3 Å². The lowest BCUT2D eigenvalue weighted by atomic mass is 9.73. The van der Waals surface area contributed by atoms with Crippen molar-refractivity contribution in [1.82, 2.24) is 9.88 Å².